The Morgan fingerprint density at radius 2 is 2.44 bits per heavy atom. The molecule has 0 amide bonds. The SMILES string of the molecule is C=CCCC/C(N)=N/C. The Labute approximate surface area is 56.5 Å². The molecule has 0 heterocycles. The maximum atomic E-state index is 5.43. The number of aliphatic imine (C=N–C) groups is 1. The van der Waals surface area contributed by atoms with Gasteiger partial charge in [-0.25, -0.2) is 0 Å². The third-order valence-electron chi connectivity index (χ3n) is 1.13. The summed E-state index contributed by atoms with van der Waals surface area (Å²) < 4.78 is 0. The molecular formula is C7H14N2. The van der Waals surface area contributed by atoms with E-state index in [0.717, 1.165) is 25.1 Å². The molecule has 0 aromatic heterocycles. The van der Waals surface area contributed by atoms with E-state index in [1.807, 2.05) is 6.08 Å². The quantitative estimate of drug-likeness (QED) is 0.262. The van der Waals surface area contributed by atoms with Crippen LogP contribution >= 0.6 is 0 Å². The van der Waals surface area contributed by atoms with Crippen molar-refractivity contribution >= 4 is 5.84 Å². The summed E-state index contributed by atoms with van der Waals surface area (Å²) in [6.45, 7) is 3.60. The number of unbranched alkanes of at least 4 members (excludes halogenated alkanes) is 1. The third-order valence-corrected chi connectivity index (χ3v) is 1.13. The molecule has 0 rings (SSSR count). The lowest BCUT2D eigenvalue weighted by Crippen LogP contribution is -2.10. The molecule has 0 fully saturated rings. The van der Waals surface area contributed by atoms with Crippen molar-refractivity contribution in [1.82, 2.24) is 0 Å². The van der Waals surface area contributed by atoms with Crippen molar-refractivity contribution in [2.24, 2.45) is 10.7 Å². The van der Waals surface area contributed by atoms with Crippen LogP contribution in [-0.2, 0) is 0 Å². The van der Waals surface area contributed by atoms with E-state index < -0.39 is 0 Å². The van der Waals surface area contributed by atoms with Crippen LogP contribution in [0.1, 0.15) is 19.3 Å². The molecule has 0 radical (unpaired) electrons. The molecular weight excluding hydrogens is 112 g/mol. The molecule has 0 unspecified atom stereocenters. The van der Waals surface area contributed by atoms with Crippen LogP contribution in [0, 0.1) is 0 Å². The van der Waals surface area contributed by atoms with Gasteiger partial charge in [0.25, 0.3) is 0 Å². The van der Waals surface area contributed by atoms with Crippen molar-refractivity contribution in [3.8, 4) is 0 Å². The van der Waals surface area contributed by atoms with Gasteiger partial charge in [0.1, 0.15) is 0 Å². The van der Waals surface area contributed by atoms with Crippen molar-refractivity contribution in [2.75, 3.05) is 7.05 Å². The van der Waals surface area contributed by atoms with Crippen LogP contribution in [0.5, 0.6) is 0 Å². The molecule has 0 atom stereocenters. The first-order chi connectivity index (χ1) is 4.31. The molecule has 52 valence electrons. The molecule has 0 saturated heterocycles. The fraction of sp³-hybridized carbons (Fsp3) is 0.571. The number of allylic oxidation sites excluding steroid dienone is 1. The van der Waals surface area contributed by atoms with Gasteiger partial charge in [-0.05, 0) is 12.8 Å². The molecule has 2 N–H and O–H groups in total. The number of hydrogen-bond acceptors (Lipinski definition) is 1. The predicted octanol–water partition coefficient (Wildman–Crippen LogP) is 1.33. The first kappa shape index (κ1) is 8.21. The lowest BCUT2D eigenvalue weighted by molar-refractivity contribution is 0.888. The standard InChI is InChI=1S/C7H14N2/c1-3-4-5-6-7(8)9-2/h3H,1,4-6H2,2H3,(H2,8,9). The van der Waals surface area contributed by atoms with E-state index in [-0.39, 0.29) is 0 Å². The monoisotopic (exact) mass is 126 g/mol. The minimum absolute atomic E-state index is 0.733. The van der Waals surface area contributed by atoms with E-state index in [0.29, 0.717) is 0 Å². The Hall–Kier alpha value is -0.790. The second-order valence-corrected chi connectivity index (χ2v) is 1.90. The zero-order valence-electron chi connectivity index (χ0n) is 5.93. The van der Waals surface area contributed by atoms with E-state index >= 15 is 0 Å². The zero-order chi connectivity index (χ0) is 7.11. The van der Waals surface area contributed by atoms with E-state index in [1.54, 1.807) is 7.05 Å². The van der Waals surface area contributed by atoms with Crippen LogP contribution in [0.15, 0.2) is 17.6 Å². The molecule has 0 saturated carbocycles. The molecule has 0 aliphatic carbocycles. The molecule has 0 spiro atoms. The van der Waals surface area contributed by atoms with Crippen molar-refractivity contribution in [2.45, 2.75) is 19.3 Å². The summed E-state index contributed by atoms with van der Waals surface area (Å²) in [5, 5.41) is 0. The van der Waals surface area contributed by atoms with Gasteiger partial charge in [0.15, 0.2) is 0 Å². The van der Waals surface area contributed by atoms with Gasteiger partial charge in [-0.15, -0.1) is 6.58 Å². The van der Waals surface area contributed by atoms with E-state index in [9.17, 15) is 0 Å². The summed E-state index contributed by atoms with van der Waals surface area (Å²) in [6.07, 6.45) is 4.87. The topological polar surface area (TPSA) is 38.4 Å². The summed E-state index contributed by atoms with van der Waals surface area (Å²) >= 11 is 0. The molecule has 2 nitrogen and oxygen atoms in total. The van der Waals surface area contributed by atoms with Crippen molar-refractivity contribution in [3.63, 3.8) is 0 Å². The van der Waals surface area contributed by atoms with Crippen LogP contribution in [0.4, 0.5) is 0 Å². The number of amidine groups is 1. The van der Waals surface area contributed by atoms with Crippen molar-refractivity contribution in [1.29, 1.82) is 0 Å². The molecule has 0 aliphatic rings. The lowest BCUT2D eigenvalue weighted by Gasteiger charge is -1.94. The van der Waals surface area contributed by atoms with Crippen LogP contribution < -0.4 is 5.73 Å². The molecule has 0 bridgehead atoms. The predicted molar refractivity (Wildman–Crippen MR) is 41.6 cm³/mol. The Kier molecular flexibility index (Phi) is 4.88. The summed E-state index contributed by atoms with van der Waals surface area (Å²) in [6, 6.07) is 0. The average Bonchev–Trinajstić information content (AvgIpc) is 1.89. The van der Waals surface area contributed by atoms with Gasteiger partial charge in [-0.1, -0.05) is 6.08 Å². The fourth-order valence-electron chi connectivity index (χ4n) is 0.539. The largest absolute Gasteiger partial charge is 0.387 e. The number of hydrogen-bond donors (Lipinski definition) is 1. The number of rotatable bonds is 4. The maximum Gasteiger partial charge on any atom is 0.0933 e. The molecule has 0 aromatic carbocycles. The molecule has 9 heavy (non-hydrogen) atoms. The lowest BCUT2D eigenvalue weighted by atomic mass is 10.2. The van der Waals surface area contributed by atoms with E-state index in [4.69, 9.17) is 5.73 Å². The first-order valence-corrected chi connectivity index (χ1v) is 3.13. The van der Waals surface area contributed by atoms with Crippen LogP contribution in [-0.4, -0.2) is 12.9 Å². The Morgan fingerprint density at radius 3 is 2.89 bits per heavy atom. The molecule has 0 aliphatic heterocycles. The van der Waals surface area contributed by atoms with Gasteiger partial charge in [-0.2, -0.15) is 0 Å². The van der Waals surface area contributed by atoms with Gasteiger partial charge in [0.05, 0.1) is 5.84 Å². The molecule has 0 aromatic rings. The highest BCUT2D eigenvalue weighted by molar-refractivity contribution is 5.79. The first-order valence-electron chi connectivity index (χ1n) is 3.13. The Balaban J connectivity index is 3.17. The van der Waals surface area contributed by atoms with Crippen LogP contribution in [0.3, 0.4) is 0 Å². The summed E-state index contributed by atoms with van der Waals surface area (Å²) in [5.74, 6) is 0.733. The smallest absolute Gasteiger partial charge is 0.0933 e. The normalized spacial score (nSPS) is 11.4. The van der Waals surface area contributed by atoms with Gasteiger partial charge in [0, 0.05) is 13.5 Å². The fourth-order valence-corrected chi connectivity index (χ4v) is 0.539. The van der Waals surface area contributed by atoms with Gasteiger partial charge in [-0.3, -0.25) is 4.99 Å². The van der Waals surface area contributed by atoms with Crippen LogP contribution in [0.2, 0.25) is 0 Å². The second-order valence-electron chi connectivity index (χ2n) is 1.90. The summed E-state index contributed by atoms with van der Waals surface area (Å²) in [4.78, 5) is 3.82. The highest BCUT2D eigenvalue weighted by atomic mass is 14.8. The van der Waals surface area contributed by atoms with Gasteiger partial charge < -0.3 is 5.73 Å². The summed E-state index contributed by atoms with van der Waals surface area (Å²) in [7, 11) is 1.71. The second kappa shape index (κ2) is 5.35. The zero-order valence-corrected chi connectivity index (χ0v) is 5.93. The van der Waals surface area contributed by atoms with Crippen molar-refractivity contribution < 1.29 is 0 Å². The minimum atomic E-state index is 0.733. The Bertz CT molecular complexity index is 105. The number of nitrogens with two attached hydrogens (primary N) is 1. The van der Waals surface area contributed by atoms with Crippen molar-refractivity contribution in [3.05, 3.63) is 12.7 Å². The maximum absolute atomic E-state index is 5.43. The van der Waals surface area contributed by atoms with Gasteiger partial charge in [0.2, 0.25) is 0 Å². The average molecular weight is 126 g/mol. The number of nitrogens with zero attached hydrogens (tertiary/aromatic N) is 1. The Morgan fingerprint density at radius 1 is 1.78 bits per heavy atom. The van der Waals surface area contributed by atoms with Gasteiger partial charge >= 0.3 is 0 Å². The minimum Gasteiger partial charge on any atom is -0.387 e. The highest BCUT2D eigenvalue weighted by Crippen LogP contribution is 1.94. The highest BCUT2D eigenvalue weighted by Gasteiger charge is 1.87. The summed E-state index contributed by atoms with van der Waals surface area (Å²) in [5.41, 5.74) is 5.43. The third kappa shape index (κ3) is 5.07. The van der Waals surface area contributed by atoms with Crippen LogP contribution in [0.25, 0.3) is 0 Å². The van der Waals surface area contributed by atoms with E-state index in [1.165, 1.54) is 0 Å². The van der Waals surface area contributed by atoms with E-state index in [2.05, 4.69) is 11.6 Å². The molecule has 2 heteroatoms.